The number of nitrogens with one attached hydrogen (secondary N) is 2. The van der Waals surface area contributed by atoms with Crippen molar-refractivity contribution in [2.45, 2.75) is 11.3 Å². The van der Waals surface area contributed by atoms with E-state index >= 15 is 0 Å². The predicted molar refractivity (Wildman–Crippen MR) is 104 cm³/mol. The number of nitrogens with zero attached hydrogens (tertiary/aromatic N) is 1. The summed E-state index contributed by atoms with van der Waals surface area (Å²) in [6, 6.07) is 8.75. The molecule has 0 aliphatic heterocycles. The molecule has 0 radical (unpaired) electrons. The summed E-state index contributed by atoms with van der Waals surface area (Å²) >= 11 is 5.94. The van der Waals surface area contributed by atoms with E-state index < -0.39 is 38.4 Å². The molecule has 2 aromatic rings. The molecule has 0 saturated heterocycles. The first kappa shape index (κ1) is 22.7. The molecule has 0 unspecified atom stereocenters. The molecule has 2 N–H and O–H groups in total. The van der Waals surface area contributed by atoms with E-state index in [2.05, 4.69) is 10.0 Å². The fourth-order valence-electron chi connectivity index (χ4n) is 2.27. The van der Waals surface area contributed by atoms with Crippen LogP contribution in [0.5, 0.6) is 0 Å². The molecule has 0 atom stereocenters. The summed E-state index contributed by atoms with van der Waals surface area (Å²) in [4.78, 5) is 24.8. The first-order chi connectivity index (χ1) is 13.6. The van der Waals surface area contributed by atoms with Gasteiger partial charge in [0, 0.05) is 20.0 Å². The third-order valence-corrected chi connectivity index (χ3v) is 5.58. The molecule has 0 aliphatic carbocycles. The van der Waals surface area contributed by atoms with E-state index in [0.29, 0.717) is 22.8 Å². The van der Waals surface area contributed by atoms with E-state index in [1.807, 2.05) is 0 Å². The van der Waals surface area contributed by atoms with E-state index in [0.717, 1.165) is 11.0 Å². The first-order valence-corrected chi connectivity index (χ1v) is 10.2. The van der Waals surface area contributed by atoms with Crippen molar-refractivity contribution in [1.29, 1.82) is 0 Å². The lowest BCUT2D eigenvalue weighted by molar-refractivity contribution is -0.133. The monoisotopic (exact) mass is 445 g/mol. The molecule has 2 amide bonds. The van der Waals surface area contributed by atoms with Gasteiger partial charge in [-0.2, -0.15) is 0 Å². The van der Waals surface area contributed by atoms with Gasteiger partial charge in [0.25, 0.3) is 0 Å². The van der Waals surface area contributed by atoms with Gasteiger partial charge in [0.1, 0.15) is 0 Å². The Hall–Kier alpha value is -2.56. The Balaban J connectivity index is 1.84. The number of halogens is 3. The van der Waals surface area contributed by atoms with Crippen molar-refractivity contribution in [3.63, 3.8) is 0 Å². The number of para-hydroxylation sites is 1. The van der Waals surface area contributed by atoms with Crippen molar-refractivity contribution in [2.75, 3.05) is 25.5 Å². The van der Waals surface area contributed by atoms with Gasteiger partial charge in [-0.3, -0.25) is 9.59 Å². The zero-order chi connectivity index (χ0) is 21.6. The highest BCUT2D eigenvalue weighted by Crippen LogP contribution is 2.20. The van der Waals surface area contributed by atoms with Gasteiger partial charge in [-0.05, 0) is 30.3 Å². The van der Waals surface area contributed by atoms with Gasteiger partial charge in [0.15, 0.2) is 11.6 Å². The highest BCUT2D eigenvalue weighted by Gasteiger charge is 2.18. The number of hydrogen-bond donors (Lipinski definition) is 2. The van der Waals surface area contributed by atoms with Gasteiger partial charge >= 0.3 is 0 Å². The molecule has 0 aliphatic rings. The third-order valence-electron chi connectivity index (χ3n) is 3.79. The van der Waals surface area contributed by atoms with Crippen LogP contribution in [0.2, 0.25) is 5.02 Å². The average molecular weight is 446 g/mol. The maximum atomic E-state index is 13.2. The van der Waals surface area contributed by atoms with Crippen molar-refractivity contribution in [2.24, 2.45) is 0 Å². The highest BCUT2D eigenvalue weighted by molar-refractivity contribution is 7.89. The molecule has 0 heterocycles. The standard InChI is InChI=1S/C18H18ClF2N3O4S/c1-24(11-17(25)23-16-5-3-2-4-13(16)19)18(26)8-9-22-29(27,28)12-6-7-14(20)15(21)10-12/h2-7,10,22H,8-9,11H2,1H3,(H,23,25). The number of sulfonamides is 1. The maximum Gasteiger partial charge on any atom is 0.244 e. The lowest BCUT2D eigenvalue weighted by Crippen LogP contribution is -2.37. The first-order valence-electron chi connectivity index (χ1n) is 8.33. The highest BCUT2D eigenvalue weighted by atomic mass is 35.5. The smallest absolute Gasteiger partial charge is 0.244 e. The lowest BCUT2D eigenvalue weighted by atomic mass is 10.3. The van der Waals surface area contributed by atoms with Crippen LogP contribution in [0, 0.1) is 11.6 Å². The van der Waals surface area contributed by atoms with Gasteiger partial charge in [-0.15, -0.1) is 0 Å². The van der Waals surface area contributed by atoms with Crippen LogP contribution < -0.4 is 10.0 Å². The molecular weight excluding hydrogens is 428 g/mol. The Kier molecular flexibility index (Phi) is 7.66. The topological polar surface area (TPSA) is 95.6 Å². The number of likely N-dealkylation sites (N-methyl/N-ethyl adjacent to an activating group) is 1. The molecule has 7 nitrogen and oxygen atoms in total. The van der Waals surface area contributed by atoms with Gasteiger partial charge in [0.05, 0.1) is 22.2 Å². The molecule has 0 saturated carbocycles. The second-order valence-corrected chi connectivity index (χ2v) is 8.18. The zero-order valence-corrected chi connectivity index (χ0v) is 16.9. The van der Waals surface area contributed by atoms with Crippen molar-refractivity contribution in [3.8, 4) is 0 Å². The van der Waals surface area contributed by atoms with E-state index in [1.165, 1.54) is 7.05 Å². The summed E-state index contributed by atoms with van der Waals surface area (Å²) in [5.41, 5.74) is 0.402. The number of hydrogen-bond acceptors (Lipinski definition) is 4. The Morgan fingerprint density at radius 2 is 1.79 bits per heavy atom. The molecule has 0 bridgehead atoms. The Morgan fingerprint density at radius 1 is 1.10 bits per heavy atom. The van der Waals surface area contributed by atoms with Crippen LogP contribution in [0.3, 0.4) is 0 Å². The Labute approximate surface area is 171 Å². The summed E-state index contributed by atoms with van der Waals surface area (Å²) in [5.74, 6) is -3.44. The number of anilines is 1. The second kappa shape index (κ2) is 9.77. The van der Waals surface area contributed by atoms with E-state index in [-0.39, 0.29) is 19.5 Å². The lowest BCUT2D eigenvalue weighted by Gasteiger charge is -2.17. The largest absolute Gasteiger partial charge is 0.336 e. The normalized spacial score (nSPS) is 11.2. The maximum absolute atomic E-state index is 13.2. The third kappa shape index (κ3) is 6.48. The fourth-order valence-corrected chi connectivity index (χ4v) is 3.49. The van der Waals surface area contributed by atoms with Crippen molar-refractivity contribution >= 4 is 39.1 Å². The SMILES string of the molecule is CN(CC(=O)Nc1ccccc1Cl)C(=O)CCNS(=O)(=O)c1ccc(F)c(F)c1. The van der Waals surface area contributed by atoms with Crippen LogP contribution in [0.1, 0.15) is 6.42 Å². The molecular formula is C18H18ClF2N3O4S. The summed E-state index contributed by atoms with van der Waals surface area (Å²) in [7, 11) is -2.72. The second-order valence-electron chi connectivity index (χ2n) is 6.00. The molecule has 156 valence electrons. The van der Waals surface area contributed by atoms with E-state index in [9.17, 15) is 26.8 Å². The number of benzene rings is 2. The molecule has 0 spiro atoms. The fraction of sp³-hybridized carbons (Fsp3) is 0.222. The molecule has 0 fully saturated rings. The Morgan fingerprint density at radius 3 is 2.45 bits per heavy atom. The molecule has 0 aromatic heterocycles. The van der Waals surface area contributed by atoms with Crippen molar-refractivity contribution in [1.82, 2.24) is 9.62 Å². The van der Waals surface area contributed by atoms with Crippen molar-refractivity contribution in [3.05, 3.63) is 59.1 Å². The van der Waals surface area contributed by atoms with Crippen LogP contribution in [-0.4, -0.2) is 45.3 Å². The van der Waals surface area contributed by atoms with Gasteiger partial charge in [-0.1, -0.05) is 23.7 Å². The number of carbonyl (C=O) groups is 2. The summed E-state index contributed by atoms with van der Waals surface area (Å²) < 4.78 is 52.4. The van der Waals surface area contributed by atoms with Crippen LogP contribution in [0.15, 0.2) is 47.4 Å². The minimum Gasteiger partial charge on any atom is -0.336 e. The average Bonchev–Trinajstić information content (AvgIpc) is 2.65. The van der Waals surface area contributed by atoms with Gasteiger partial charge in [0.2, 0.25) is 21.8 Å². The van der Waals surface area contributed by atoms with Crippen LogP contribution in [0.25, 0.3) is 0 Å². The summed E-state index contributed by atoms with van der Waals surface area (Å²) in [5, 5.41) is 2.91. The summed E-state index contributed by atoms with van der Waals surface area (Å²) in [6.45, 7) is -0.545. The number of amides is 2. The molecule has 2 rings (SSSR count). The number of carbonyl (C=O) groups excluding carboxylic acids is 2. The molecule has 2 aromatic carbocycles. The number of rotatable bonds is 8. The quantitative estimate of drug-likeness (QED) is 0.652. The summed E-state index contributed by atoms with van der Waals surface area (Å²) in [6.07, 6.45) is -0.237. The van der Waals surface area contributed by atoms with Gasteiger partial charge in [-0.25, -0.2) is 21.9 Å². The minimum atomic E-state index is -4.11. The minimum absolute atomic E-state index is 0.237. The molecule has 11 heteroatoms. The van der Waals surface area contributed by atoms with E-state index in [4.69, 9.17) is 11.6 Å². The van der Waals surface area contributed by atoms with E-state index in [1.54, 1.807) is 24.3 Å². The van der Waals surface area contributed by atoms with Crippen LogP contribution in [-0.2, 0) is 19.6 Å². The zero-order valence-electron chi connectivity index (χ0n) is 15.3. The van der Waals surface area contributed by atoms with Crippen LogP contribution in [0.4, 0.5) is 14.5 Å². The Bertz CT molecular complexity index is 1020. The van der Waals surface area contributed by atoms with Crippen LogP contribution >= 0.6 is 11.6 Å². The van der Waals surface area contributed by atoms with Gasteiger partial charge < -0.3 is 10.2 Å². The molecule has 29 heavy (non-hydrogen) atoms. The van der Waals surface area contributed by atoms with Crippen molar-refractivity contribution < 1.29 is 26.8 Å². The predicted octanol–water partition coefficient (Wildman–Crippen LogP) is 2.38.